The summed E-state index contributed by atoms with van der Waals surface area (Å²) >= 11 is 0. The fourth-order valence-corrected chi connectivity index (χ4v) is 2.91. The fraction of sp³-hybridized carbons (Fsp3) is 0.222. The maximum Gasteiger partial charge on any atom is 0.249 e. The van der Waals surface area contributed by atoms with E-state index in [4.69, 9.17) is 4.52 Å². The van der Waals surface area contributed by atoms with Crippen LogP contribution < -0.4 is 0 Å². The van der Waals surface area contributed by atoms with Gasteiger partial charge in [0.15, 0.2) is 5.82 Å². The molecule has 0 amide bonds. The van der Waals surface area contributed by atoms with Gasteiger partial charge in [-0.1, -0.05) is 12.1 Å². The van der Waals surface area contributed by atoms with Crippen LogP contribution in [0.3, 0.4) is 0 Å². The summed E-state index contributed by atoms with van der Waals surface area (Å²) in [6.07, 6.45) is 8.25. The molecule has 0 aliphatic heterocycles. The first-order valence-electron chi connectivity index (χ1n) is 8.19. The van der Waals surface area contributed by atoms with Crippen LogP contribution in [0.25, 0.3) is 17.1 Å². The lowest BCUT2D eigenvalue weighted by atomic mass is 10.1. The number of imidazole rings is 1. The maximum absolute atomic E-state index is 5.38. The van der Waals surface area contributed by atoms with Crippen LogP contribution in [0.1, 0.15) is 31.1 Å². The van der Waals surface area contributed by atoms with Crippen molar-refractivity contribution >= 4 is 0 Å². The summed E-state index contributed by atoms with van der Waals surface area (Å²) in [5.74, 6) is 2.11. The summed E-state index contributed by atoms with van der Waals surface area (Å²) in [6, 6.07) is 10.0. The van der Waals surface area contributed by atoms with Crippen molar-refractivity contribution in [3.05, 3.63) is 66.8 Å². The zero-order valence-electron chi connectivity index (χ0n) is 14.1. The van der Waals surface area contributed by atoms with Gasteiger partial charge >= 0.3 is 0 Å². The molecule has 0 bridgehead atoms. The van der Waals surface area contributed by atoms with Gasteiger partial charge in [-0.25, -0.2) is 9.67 Å². The van der Waals surface area contributed by atoms with Gasteiger partial charge in [0.25, 0.3) is 0 Å². The van der Waals surface area contributed by atoms with Gasteiger partial charge in [0.2, 0.25) is 5.89 Å². The van der Waals surface area contributed by atoms with Crippen molar-refractivity contribution in [2.75, 3.05) is 0 Å². The average Bonchev–Trinajstić information content (AvgIpc) is 3.38. The Morgan fingerprint density at radius 3 is 2.60 bits per heavy atom. The molecule has 4 aromatic rings. The Hall–Kier alpha value is -3.22. The molecule has 1 aromatic carbocycles. The third kappa shape index (κ3) is 2.84. The predicted molar refractivity (Wildman–Crippen MR) is 92.3 cm³/mol. The first kappa shape index (κ1) is 15.3. The summed E-state index contributed by atoms with van der Waals surface area (Å²) in [5, 5.41) is 8.16. The molecule has 4 rings (SSSR count). The molecule has 0 saturated carbocycles. The van der Waals surface area contributed by atoms with Gasteiger partial charge in [-0.2, -0.15) is 10.1 Å². The summed E-state index contributed by atoms with van der Waals surface area (Å²) in [5.41, 5.74) is 2.03. The number of rotatable bonds is 5. The van der Waals surface area contributed by atoms with E-state index in [0.29, 0.717) is 11.7 Å². The summed E-state index contributed by atoms with van der Waals surface area (Å²) < 4.78 is 9.28. The maximum atomic E-state index is 5.38. The molecule has 0 spiro atoms. The molecule has 7 heteroatoms. The molecule has 0 unspecified atom stereocenters. The molecule has 0 aliphatic rings. The highest BCUT2D eigenvalue weighted by molar-refractivity contribution is 5.58. The Balaban J connectivity index is 1.69. The van der Waals surface area contributed by atoms with E-state index < -0.39 is 0 Å². The number of hydrogen-bond donors (Lipinski definition) is 0. The number of aromatic nitrogens is 6. The molecule has 0 saturated heterocycles. The van der Waals surface area contributed by atoms with Crippen LogP contribution in [0, 0.1) is 6.92 Å². The van der Waals surface area contributed by atoms with Crippen molar-refractivity contribution in [2.45, 2.75) is 26.3 Å². The summed E-state index contributed by atoms with van der Waals surface area (Å²) in [7, 11) is 0. The zero-order valence-corrected chi connectivity index (χ0v) is 14.1. The van der Waals surface area contributed by atoms with Crippen LogP contribution >= 0.6 is 0 Å². The molecule has 0 aliphatic carbocycles. The Morgan fingerprint density at radius 2 is 1.96 bits per heavy atom. The molecule has 0 N–H and O–H groups in total. The molecule has 0 radical (unpaired) electrons. The summed E-state index contributed by atoms with van der Waals surface area (Å²) in [4.78, 5) is 8.91. The average molecular weight is 334 g/mol. The Labute approximate surface area is 144 Å². The Bertz CT molecular complexity index is 952. The summed E-state index contributed by atoms with van der Waals surface area (Å²) in [6.45, 7) is 3.91. The minimum Gasteiger partial charge on any atom is -0.337 e. The number of hydrogen-bond acceptors (Lipinski definition) is 5. The highest BCUT2D eigenvalue weighted by Crippen LogP contribution is 2.27. The molecule has 3 heterocycles. The first-order valence-corrected chi connectivity index (χ1v) is 8.19. The van der Waals surface area contributed by atoms with Gasteiger partial charge in [0, 0.05) is 30.4 Å². The van der Waals surface area contributed by atoms with Crippen LogP contribution in [-0.2, 0) is 0 Å². The zero-order chi connectivity index (χ0) is 17.2. The molecule has 0 fully saturated rings. The largest absolute Gasteiger partial charge is 0.337 e. The molecule has 126 valence electrons. The number of aryl methyl sites for hydroxylation is 1. The quantitative estimate of drug-likeness (QED) is 0.559. The normalized spacial score (nSPS) is 12.4. The topological polar surface area (TPSA) is 74.6 Å². The van der Waals surface area contributed by atoms with E-state index in [9.17, 15) is 0 Å². The van der Waals surface area contributed by atoms with Gasteiger partial charge in [-0.3, -0.25) is 0 Å². The highest BCUT2D eigenvalue weighted by Gasteiger charge is 2.21. The van der Waals surface area contributed by atoms with Gasteiger partial charge in [0.1, 0.15) is 11.9 Å². The van der Waals surface area contributed by atoms with E-state index in [2.05, 4.69) is 31.7 Å². The molecule has 3 aromatic heterocycles. The predicted octanol–water partition coefficient (Wildman–Crippen LogP) is 3.43. The van der Waals surface area contributed by atoms with Crippen LogP contribution in [0.15, 0.2) is 59.6 Å². The van der Waals surface area contributed by atoms with Crippen LogP contribution in [0.4, 0.5) is 0 Å². The van der Waals surface area contributed by atoms with E-state index in [-0.39, 0.29) is 6.04 Å². The van der Waals surface area contributed by atoms with Crippen molar-refractivity contribution in [2.24, 2.45) is 0 Å². The number of nitrogens with zero attached hydrogens (tertiary/aromatic N) is 6. The minimum atomic E-state index is -0.0375. The highest BCUT2D eigenvalue weighted by atomic mass is 16.5. The second kappa shape index (κ2) is 6.35. The lowest BCUT2D eigenvalue weighted by Crippen LogP contribution is -2.11. The SMILES string of the molecule is CC[C@H](c1nc(C)no1)n1ccnc1-c1ccc(-n2cccn2)cc1. The standard InChI is InChI=1S/C18H18N6O/c1-3-16(18-21-13(2)22-25-18)23-12-10-19-17(23)14-5-7-15(8-6-14)24-11-4-9-20-24/h4-12,16H,3H2,1-2H3/t16-/m1/s1. The van der Waals surface area contributed by atoms with Gasteiger partial charge in [-0.05, 0) is 43.7 Å². The first-order chi connectivity index (χ1) is 12.3. The molecular weight excluding hydrogens is 316 g/mol. The third-order valence-electron chi connectivity index (χ3n) is 4.11. The van der Waals surface area contributed by atoms with Gasteiger partial charge < -0.3 is 9.09 Å². The van der Waals surface area contributed by atoms with Crippen molar-refractivity contribution in [1.29, 1.82) is 0 Å². The van der Waals surface area contributed by atoms with Crippen molar-refractivity contribution in [3.63, 3.8) is 0 Å². The molecule has 7 nitrogen and oxygen atoms in total. The monoisotopic (exact) mass is 334 g/mol. The van der Waals surface area contributed by atoms with Crippen LogP contribution in [0.5, 0.6) is 0 Å². The smallest absolute Gasteiger partial charge is 0.249 e. The molecular formula is C18H18N6O. The lowest BCUT2D eigenvalue weighted by molar-refractivity contribution is 0.331. The Morgan fingerprint density at radius 1 is 1.12 bits per heavy atom. The van der Waals surface area contributed by atoms with E-state index in [0.717, 1.165) is 23.5 Å². The van der Waals surface area contributed by atoms with Crippen molar-refractivity contribution in [1.82, 2.24) is 29.5 Å². The van der Waals surface area contributed by atoms with E-state index >= 15 is 0 Å². The Kier molecular flexibility index (Phi) is 3.89. The fourth-order valence-electron chi connectivity index (χ4n) is 2.91. The van der Waals surface area contributed by atoms with E-state index in [1.165, 1.54) is 0 Å². The van der Waals surface area contributed by atoms with Crippen molar-refractivity contribution in [3.8, 4) is 17.1 Å². The van der Waals surface area contributed by atoms with Crippen LogP contribution in [0.2, 0.25) is 0 Å². The van der Waals surface area contributed by atoms with Gasteiger partial charge in [0.05, 0.1) is 5.69 Å². The third-order valence-corrected chi connectivity index (χ3v) is 4.11. The number of benzene rings is 1. The van der Waals surface area contributed by atoms with Crippen molar-refractivity contribution < 1.29 is 4.52 Å². The van der Waals surface area contributed by atoms with E-state index in [1.54, 1.807) is 12.4 Å². The molecule has 1 atom stereocenters. The van der Waals surface area contributed by atoms with E-state index in [1.807, 2.05) is 54.3 Å². The lowest BCUT2D eigenvalue weighted by Gasteiger charge is -2.15. The second-order valence-electron chi connectivity index (χ2n) is 5.76. The second-order valence-corrected chi connectivity index (χ2v) is 5.76. The van der Waals surface area contributed by atoms with Gasteiger partial charge in [-0.15, -0.1) is 0 Å². The minimum absolute atomic E-state index is 0.0375. The van der Waals surface area contributed by atoms with Crippen LogP contribution in [-0.4, -0.2) is 29.5 Å². The molecule has 25 heavy (non-hydrogen) atoms.